The fourth-order valence-corrected chi connectivity index (χ4v) is 5.48. The first-order valence-electron chi connectivity index (χ1n) is 9.08. The van der Waals surface area contributed by atoms with E-state index in [0.29, 0.717) is 0 Å². The molecule has 148 valence electrons. The van der Waals surface area contributed by atoms with Gasteiger partial charge < -0.3 is 14.8 Å². The van der Waals surface area contributed by atoms with E-state index in [1.807, 2.05) is 60.7 Å². The molecule has 1 aliphatic carbocycles. The van der Waals surface area contributed by atoms with Gasteiger partial charge in [-0.25, -0.2) is 4.39 Å². The lowest BCUT2D eigenvalue weighted by Crippen LogP contribution is -2.46. The molecule has 0 heterocycles. The minimum absolute atomic E-state index is 0.266. The van der Waals surface area contributed by atoms with Gasteiger partial charge in [0.25, 0.3) is 0 Å². The largest absolute Gasteiger partial charge is 0.347 e. The van der Waals surface area contributed by atoms with Gasteiger partial charge in [-0.1, -0.05) is 66.7 Å². The van der Waals surface area contributed by atoms with Crippen molar-refractivity contribution in [1.29, 1.82) is 0 Å². The van der Waals surface area contributed by atoms with Crippen LogP contribution < -0.4 is 5.73 Å². The smallest absolute Gasteiger partial charge is 0.317 e. The predicted octanol–water partition coefficient (Wildman–Crippen LogP) is 5.39. The van der Waals surface area contributed by atoms with Gasteiger partial charge in [-0.3, -0.25) is 4.57 Å². The number of hydrogen-bond donors (Lipinski definition) is 1. The van der Waals surface area contributed by atoms with Crippen LogP contribution in [0.5, 0.6) is 0 Å². The molecule has 6 heteroatoms. The van der Waals surface area contributed by atoms with E-state index >= 15 is 0 Å². The molecule has 1 aliphatic rings. The summed E-state index contributed by atoms with van der Waals surface area (Å²) >= 11 is 0. The number of rotatable bonds is 7. The highest BCUT2D eigenvalue weighted by molar-refractivity contribution is 7.54. The quantitative estimate of drug-likeness (QED) is 0.632. The van der Waals surface area contributed by atoms with E-state index in [1.165, 1.54) is 26.4 Å². The minimum Gasteiger partial charge on any atom is -0.317 e. The highest BCUT2D eigenvalue weighted by Gasteiger charge is 2.52. The van der Waals surface area contributed by atoms with Crippen molar-refractivity contribution in [1.82, 2.24) is 0 Å². The van der Waals surface area contributed by atoms with Crippen LogP contribution in [0.25, 0.3) is 0 Å². The molecule has 2 aromatic carbocycles. The Labute approximate surface area is 165 Å². The minimum atomic E-state index is -3.65. The summed E-state index contributed by atoms with van der Waals surface area (Å²) in [4.78, 5) is 0. The summed E-state index contributed by atoms with van der Waals surface area (Å²) in [6.45, 7) is 0. The van der Waals surface area contributed by atoms with E-state index in [1.54, 1.807) is 6.08 Å². The molecule has 0 amide bonds. The van der Waals surface area contributed by atoms with Gasteiger partial charge in [0.2, 0.25) is 0 Å². The molecule has 0 aliphatic heterocycles. The van der Waals surface area contributed by atoms with Crippen LogP contribution in [0.15, 0.2) is 84.7 Å². The van der Waals surface area contributed by atoms with E-state index in [-0.39, 0.29) is 18.2 Å². The average molecular weight is 401 g/mol. The van der Waals surface area contributed by atoms with Crippen LogP contribution in [-0.4, -0.2) is 20.0 Å². The molecule has 0 radical (unpaired) electrons. The van der Waals surface area contributed by atoms with Crippen LogP contribution in [0, 0.1) is 5.41 Å². The Kier molecular flexibility index (Phi) is 6.31. The Balaban J connectivity index is 2.24. The molecule has 0 fully saturated rings. The lowest BCUT2D eigenvalue weighted by molar-refractivity contribution is 0.220. The van der Waals surface area contributed by atoms with E-state index < -0.39 is 18.8 Å². The second-order valence-electron chi connectivity index (χ2n) is 6.84. The summed E-state index contributed by atoms with van der Waals surface area (Å²) in [5.74, 6) is -1.61. The Morgan fingerprint density at radius 2 is 1.50 bits per heavy atom. The lowest BCUT2D eigenvalue weighted by atomic mass is 9.65. The van der Waals surface area contributed by atoms with Gasteiger partial charge in [0.15, 0.2) is 0 Å². The highest BCUT2D eigenvalue weighted by Crippen LogP contribution is 2.62. The second kappa shape index (κ2) is 8.54. The summed E-state index contributed by atoms with van der Waals surface area (Å²) in [5.41, 5.74) is 7.66. The maximum absolute atomic E-state index is 13.9. The monoisotopic (exact) mass is 401 g/mol. The maximum Gasteiger partial charge on any atom is 0.347 e. The van der Waals surface area contributed by atoms with Gasteiger partial charge in [0.05, 0.1) is 0 Å². The van der Waals surface area contributed by atoms with Gasteiger partial charge in [-0.05, 0) is 29.7 Å². The summed E-state index contributed by atoms with van der Waals surface area (Å²) < 4.78 is 37.7. The predicted molar refractivity (Wildman–Crippen MR) is 110 cm³/mol. The van der Waals surface area contributed by atoms with Crippen molar-refractivity contribution in [3.63, 3.8) is 0 Å². The third kappa shape index (κ3) is 3.76. The fraction of sp³-hybridized carbons (Fsp3) is 0.273. The molecular weight excluding hydrogens is 376 g/mol. The zero-order valence-electron chi connectivity index (χ0n) is 16.0. The van der Waals surface area contributed by atoms with Crippen LogP contribution in [-0.2, 0) is 13.6 Å². The van der Waals surface area contributed by atoms with Crippen LogP contribution in [0.1, 0.15) is 23.5 Å². The highest BCUT2D eigenvalue weighted by atomic mass is 31.2. The summed E-state index contributed by atoms with van der Waals surface area (Å²) in [7, 11) is -1.01. The van der Waals surface area contributed by atoms with Gasteiger partial charge in [0.1, 0.15) is 11.6 Å². The zero-order valence-corrected chi connectivity index (χ0v) is 16.9. The number of halogens is 1. The van der Waals surface area contributed by atoms with Crippen LogP contribution in [0.2, 0.25) is 0 Å². The summed E-state index contributed by atoms with van der Waals surface area (Å²) in [6, 6.07) is 19.6. The molecule has 2 N–H and O–H groups in total. The van der Waals surface area contributed by atoms with Gasteiger partial charge in [0, 0.05) is 25.6 Å². The molecule has 4 nitrogen and oxygen atoms in total. The number of hydrogen-bond acceptors (Lipinski definition) is 4. The standard InChI is InChI=1S/C22H25FNO3P/c1-26-28(25,27-2)21(24)22(15-13-19(23)14-16-22)20(17-9-5-3-6-10-17)18-11-7-4-8-12-18/h3-15,20-21H,16,24H2,1-2H3/t21-,22?/m1/s1. The third-order valence-electron chi connectivity index (χ3n) is 5.41. The molecule has 2 aromatic rings. The van der Waals surface area contributed by atoms with Gasteiger partial charge in [-0.15, -0.1) is 0 Å². The zero-order chi connectivity index (χ0) is 20.2. The summed E-state index contributed by atoms with van der Waals surface area (Å²) in [5, 5.41) is 0. The number of allylic oxidation sites excluding steroid dienone is 3. The van der Waals surface area contributed by atoms with Crippen LogP contribution >= 0.6 is 7.60 Å². The van der Waals surface area contributed by atoms with Crippen LogP contribution in [0.4, 0.5) is 4.39 Å². The van der Waals surface area contributed by atoms with Crippen molar-refractivity contribution in [2.24, 2.45) is 11.1 Å². The normalized spacial score (nSPS) is 20.8. The summed E-state index contributed by atoms with van der Waals surface area (Å²) in [6.07, 6.45) is 4.86. The van der Waals surface area contributed by atoms with Gasteiger partial charge >= 0.3 is 7.60 Å². The Morgan fingerprint density at radius 3 is 1.89 bits per heavy atom. The first-order valence-corrected chi connectivity index (χ1v) is 10.7. The van der Waals surface area contributed by atoms with E-state index in [4.69, 9.17) is 14.8 Å². The average Bonchev–Trinajstić information content (AvgIpc) is 2.76. The van der Waals surface area contributed by atoms with Crippen molar-refractivity contribution >= 4 is 7.60 Å². The van der Waals surface area contributed by atoms with Crippen molar-refractivity contribution in [2.45, 2.75) is 18.1 Å². The molecule has 1 unspecified atom stereocenters. The molecule has 0 aromatic heterocycles. The first-order chi connectivity index (χ1) is 13.5. The van der Waals surface area contributed by atoms with Crippen molar-refractivity contribution in [2.75, 3.05) is 14.2 Å². The van der Waals surface area contributed by atoms with Crippen molar-refractivity contribution < 1.29 is 18.0 Å². The lowest BCUT2D eigenvalue weighted by Gasteiger charge is -2.45. The Bertz CT molecular complexity index is 853. The molecule has 3 rings (SSSR count). The first kappa shape index (κ1) is 20.7. The number of nitrogens with two attached hydrogens (primary N) is 1. The van der Waals surface area contributed by atoms with E-state index in [2.05, 4.69) is 0 Å². The fourth-order valence-electron chi connectivity index (χ4n) is 3.95. The molecular formula is C22H25FNO3P. The Hall–Kier alpha value is -2.04. The van der Waals surface area contributed by atoms with E-state index in [9.17, 15) is 8.96 Å². The molecule has 28 heavy (non-hydrogen) atoms. The SMILES string of the molecule is COP(=O)(OC)[C@@H](N)C1(C(c2ccccc2)c2ccccc2)C=CC(F)=CC1. The maximum atomic E-state index is 13.9. The topological polar surface area (TPSA) is 61.5 Å². The number of benzene rings is 2. The molecule has 0 saturated heterocycles. The molecule has 0 spiro atoms. The van der Waals surface area contributed by atoms with Crippen LogP contribution in [0.3, 0.4) is 0 Å². The van der Waals surface area contributed by atoms with E-state index in [0.717, 1.165) is 11.1 Å². The Morgan fingerprint density at radius 1 is 1.00 bits per heavy atom. The third-order valence-corrected chi connectivity index (χ3v) is 7.59. The van der Waals surface area contributed by atoms with Gasteiger partial charge in [-0.2, -0.15) is 0 Å². The van der Waals surface area contributed by atoms with Crippen molar-refractivity contribution in [3.8, 4) is 0 Å². The molecule has 0 bridgehead atoms. The second-order valence-corrected chi connectivity index (χ2v) is 9.21. The molecule has 2 atom stereocenters. The molecule has 0 saturated carbocycles. The van der Waals surface area contributed by atoms with Crippen molar-refractivity contribution in [3.05, 3.63) is 95.8 Å².